The van der Waals surface area contributed by atoms with Crippen LogP contribution >= 0.6 is 0 Å². The highest BCUT2D eigenvalue weighted by Gasteiger charge is 2.22. The van der Waals surface area contributed by atoms with E-state index in [9.17, 15) is 4.79 Å². The van der Waals surface area contributed by atoms with E-state index >= 15 is 0 Å². The van der Waals surface area contributed by atoms with Gasteiger partial charge in [0.15, 0.2) is 0 Å². The Hall–Kier alpha value is -3.93. The maximum Gasteiger partial charge on any atom is 0.276 e. The molecule has 0 radical (unpaired) electrons. The Balaban J connectivity index is 1.62. The van der Waals surface area contributed by atoms with E-state index in [-0.39, 0.29) is 13.2 Å². The molecule has 2 aromatic heterocycles. The number of rotatable bonds is 8. The van der Waals surface area contributed by atoms with Crippen LogP contribution in [-0.4, -0.2) is 67.6 Å². The fourth-order valence-corrected chi connectivity index (χ4v) is 3.84. The summed E-state index contributed by atoms with van der Waals surface area (Å²) in [5.74, 6) is 1.02. The molecule has 4 rings (SSSR count). The number of carbonyl (C=O) groups excluding carboxylic acids is 1. The Morgan fingerprint density at radius 1 is 1.15 bits per heavy atom. The van der Waals surface area contributed by atoms with Crippen LogP contribution in [0.4, 0.5) is 17.5 Å². The topological polar surface area (TPSA) is 146 Å². The highest BCUT2D eigenvalue weighted by Crippen LogP contribution is 2.26. The van der Waals surface area contributed by atoms with E-state index in [1.54, 1.807) is 6.92 Å². The third-order valence-corrected chi connectivity index (χ3v) is 5.53. The van der Waals surface area contributed by atoms with Crippen molar-refractivity contribution >= 4 is 30.1 Å². The highest BCUT2D eigenvalue weighted by atomic mass is 16.3. The fourth-order valence-electron chi connectivity index (χ4n) is 3.84. The molecule has 3 N–H and O–H groups in total. The summed E-state index contributed by atoms with van der Waals surface area (Å²) in [6, 6.07) is 7.38. The van der Waals surface area contributed by atoms with Crippen LogP contribution in [0.25, 0.3) is 11.4 Å². The fraction of sp³-hybridized carbons (Fsp3) is 0.409. The van der Waals surface area contributed by atoms with Gasteiger partial charge < -0.3 is 15.3 Å². The van der Waals surface area contributed by atoms with Gasteiger partial charge in [-0.1, -0.05) is 12.8 Å². The zero-order valence-corrected chi connectivity index (χ0v) is 19.1. The second-order valence-electron chi connectivity index (χ2n) is 7.97. The van der Waals surface area contributed by atoms with Crippen LogP contribution in [0.2, 0.25) is 0 Å². The first kappa shape index (κ1) is 23.2. The summed E-state index contributed by atoms with van der Waals surface area (Å²) >= 11 is 0. The average molecular weight is 465 g/mol. The summed E-state index contributed by atoms with van der Waals surface area (Å²) in [7, 11) is 0. The van der Waals surface area contributed by atoms with Crippen molar-refractivity contribution in [2.75, 3.05) is 29.9 Å². The number of hydrazone groups is 1. The normalized spacial score (nSPS) is 13.9. The predicted molar refractivity (Wildman–Crippen MR) is 128 cm³/mol. The minimum atomic E-state index is -0.432. The molecule has 0 aliphatic carbocycles. The number of benzene rings is 1. The molecule has 0 saturated carbocycles. The molecule has 0 spiro atoms. The van der Waals surface area contributed by atoms with Crippen LogP contribution in [0.1, 0.15) is 41.7 Å². The van der Waals surface area contributed by atoms with E-state index < -0.39 is 5.91 Å². The van der Waals surface area contributed by atoms with Gasteiger partial charge in [0.2, 0.25) is 11.8 Å². The molecular weight excluding hydrogens is 436 g/mol. The second kappa shape index (κ2) is 10.8. The van der Waals surface area contributed by atoms with Crippen LogP contribution in [0.15, 0.2) is 29.4 Å². The molecule has 3 aromatic rings. The first-order chi connectivity index (χ1) is 16.6. The molecule has 178 valence electrons. The molecule has 1 amide bonds. The third kappa shape index (κ3) is 5.34. The number of tetrazole rings is 1. The van der Waals surface area contributed by atoms with Crippen molar-refractivity contribution in [3.63, 3.8) is 0 Å². The number of aliphatic hydroxyl groups is 1. The number of hydrogen-bond donors (Lipinski definition) is 3. The first-order valence-electron chi connectivity index (χ1n) is 11.2. The number of aliphatic hydroxyl groups excluding tert-OH is 1. The molecule has 0 bridgehead atoms. The maximum absolute atomic E-state index is 12.7. The van der Waals surface area contributed by atoms with Gasteiger partial charge in [-0.05, 0) is 49.2 Å². The van der Waals surface area contributed by atoms with Gasteiger partial charge in [-0.3, -0.25) is 4.79 Å². The quantitative estimate of drug-likeness (QED) is 0.336. The van der Waals surface area contributed by atoms with Crippen LogP contribution in [-0.2, 0) is 6.54 Å². The zero-order valence-electron chi connectivity index (χ0n) is 19.1. The Labute approximate surface area is 197 Å². The van der Waals surface area contributed by atoms with Gasteiger partial charge in [-0.2, -0.15) is 14.9 Å². The van der Waals surface area contributed by atoms with Crippen molar-refractivity contribution in [3.8, 4) is 11.4 Å². The Morgan fingerprint density at radius 3 is 2.56 bits per heavy atom. The molecule has 1 saturated heterocycles. The van der Waals surface area contributed by atoms with E-state index in [0.29, 0.717) is 28.8 Å². The van der Waals surface area contributed by atoms with E-state index in [0.717, 1.165) is 37.2 Å². The van der Waals surface area contributed by atoms with Gasteiger partial charge in [0, 0.05) is 31.1 Å². The van der Waals surface area contributed by atoms with Gasteiger partial charge in [-0.25, -0.2) is 10.4 Å². The summed E-state index contributed by atoms with van der Waals surface area (Å²) in [5, 5.41) is 27.9. The smallest absolute Gasteiger partial charge is 0.276 e. The van der Waals surface area contributed by atoms with Crippen molar-refractivity contribution in [2.45, 2.75) is 39.2 Å². The number of aryl methyl sites for hydroxylation is 1. The van der Waals surface area contributed by atoms with Gasteiger partial charge in [0.25, 0.3) is 5.91 Å². The van der Waals surface area contributed by atoms with Crippen molar-refractivity contribution < 1.29 is 9.90 Å². The van der Waals surface area contributed by atoms with Crippen molar-refractivity contribution in [2.24, 2.45) is 5.10 Å². The van der Waals surface area contributed by atoms with Gasteiger partial charge >= 0.3 is 0 Å². The molecular formula is C22H28N10O2. The molecule has 3 heterocycles. The van der Waals surface area contributed by atoms with Crippen molar-refractivity contribution in [1.82, 2.24) is 35.6 Å². The molecule has 12 nitrogen and oxygen atoms in total. The van der Waals surface area contributed by atoms with Crippen LogP contribution in [0.3, 0.4) is 0 Å². The Morgan fingerprint density at radius 2 is 1.88 bits per heavy atom. The van der Waals surface area contributed by atoms with E-state index in [1.807, 2.05) is 24.3 Å². The number of amides is 1. The minimum absolute atomic E-state index is 0.0618. The molecule has 1 aromatic carbocycles. The molecule has 0 unspecified atom stereocenters. The lowest BCUT2D eigenvalue weighted by molar-refractivity contribution is 0.0955. The third-order valence-electron chi connectivity index (χ3n) is 5.53. The van der Waals surface area contributed by atoms with Gasteiger partial charge in [0.05, 0.1) is 18.8 Å². The standard InChI is InChI=1S/C22H28N10O2/c1-15-18(21(34)28-23-2)20(26-22(24-15)31-11-5-3-4-6-12-31)25-17-9-7-16(8-10-17)19-27-30-32(29-19)13-14-33/h7-10,33H,2-6,11-14H2,1H3,(H,28,34)(H,24,25,26). The van der Waals surface area contributed by atoms with E-state index in [4.69, 9.17) is 10.1 Å². The van der Waals surface area contributed by atoms with Gasteiger partial charge in [0.1, 0.15) is 11.4 Å². The zero-order chi connectivity index (χ0) is 23.9. The summed E-state index contributed by atoms with van der Waals surface area (Å²) < 4.78 is 0. The van der Waals surface area contributed by atoms with Crippen LogP contribution in [0.5, 0.6) is 0 Å². The number of anilines is 3. The summed E-state index contributed by atoms with van der Waals surface area (Å²) in [5.41, 5.74) is 4.74. The molecule has 1 aliphatic rings. The molecule has 1 fully saturated rings. The second-order valence-corrected chi connectivity index (χ2v) is 7.97. The number of aromatic nitrogens is 6. The molecule has 1 aliphatic heterocycles. The van der Waals surface area contributed by atoms with E-state index in [1.165, 1.54) is 17.6 Å². The summed E-state index contributed by atoms with van der Waals surface area (Å²) in [4.78, 5) is 25.5. The van der Waals surface area contributed by atoms with Crippen molar-refractivity contribution in [1.29, 1.82) is 0 Å². The molecule has 12 heteroatoms. The average Bonchev–Trinajstić information content (AvgIpc) is 3.12. The predicted octanol–water partition coefficient (Wildman–Crippen LogP) is 1.90. The highest BCUT2D eigenvalue weighted by molar-refractivity contribution is 6.00. The lowest BCUT2D eigenvalue weighted by Gasteiger charge is -2.22. The van der Waals surface area contributed by atoms with E-state index in [2.05, 4.69) is 47.9 Å². The number of carbonyl (C=O) groups is 1. The monoisotopic (exact) mass is 464 g/mol. The Bertz CT molecular complexity index is 1140. The number of nitrogens with zero attached hydrogens (tertiary/aromatic N) is 8. The molecule has 0 atom stereocenters. The van der Waals surface area contributed by atoms with Crippen molar-refractivity contribution in [3.05, 3.63) is 35.5 Å². The summed E-state index contributed by atoms with van der Waals surface area (Å²) in [6.45, 7) is 7.12. The lowest BCUT2D eigenvalue weighted by atomic mass is 10.1. The minimum Gasteiger partial charge on any atom is -0.394 e. The SMILES string of the molecule is C=NNC(=O)c1c(C)nc(N2CCCCCC2)nc1Nc1ccc(-c2nnn(CCO)n2)cc1. The molecule has 34 heavy (non-hydrogen) atoms. The number of nitrogens with one attached hydrogen (secondary N) is 2. The number of hydrogen-bond acceptors (Lipinski definition) is 10. The largest absolute Gasteiger partial charge is 0.394 e. The van der Waals surface area contributed by atoms with Gasteiger partial charge in [-0.15, -0.1) is 10.2 Å². The van der Waals surface area contributed by atoms with Crippen LogP contribution in [0, 0.1) is 6.92 Å². The Kier molecular flexibility index (Phi) is 7.38. The maximum atomic E-state index is 12.7. The first-order valence-corrected chi connectivity index (χ1v) is 11.2. The lowest BCUT2D eigenvalue weighted by Crippen LogP contribution is -2.28. The summed E-state index contributed by atoms with van der Waals surface area (Å²) in [6.07, 6.45) is 4.57. The van der Waals surface area contributed by atoms with Crippen LogP contribution < -0.4 is 15.6 Å².